The third kappa shape index (κ3) is 10.6. The van der Waals surface area contributed by atoms with Gasteiger partial charge < -0.3 is 15.7 Å². The summed E-state index contributed by atoms with van der Waals surface area (Å²) < 4.78 is 0. The van der Waals surface area contributed by atoms with Crippen LogP contribution < -0.4 is 10.6 Å². The van der Waals surface area contributed by atoms with Crippen molar-refractivity contribution in [3.63, 3.8) is 0 Å². The van der Waals surface area contributed by atoms with E-state index in [0.717, 1.165) is 12.8 Å². The lowest BCUT2D eigenvalue weighted by molar-refractivity contribution is -0.105. The topological polar surface area (TPSA) is 78.4 Å². The molecule has 27 heavy (non-hydrogen) atoms. The van der Waals surface area contributed by atoms with Crippen molar-refractivity contribution in [2.75, 3.05) is 11.9 Å². The number of aromatic hydroxyl groups is 1. The van der Waals surface area contributed by atoms with Crippen molar-refractivity contribution in [2.24, 2.45) is 0 Å². The Morgan fingerprint density at radius 3 is 2.00 bits per heavy atom. The molecule has 2 amide bonds. The molecule has 3 N–H and O–H groups in total. The van der Waals surface area contributed by atoms with Crippen LogP contribution in [0.15, 0.2) is 18.2 Å². The number of hydrogen-bond donors (Lipinski definition) is 3. The summed E-state index contributed by atoms with van der Waals surface area (Å²) in [4.78, 5) is 22.5. The molecule has 0 atom stereocenters. The Labute approximate surface area is 163 Å². The van der Waals surface area contributed by atoms with Crippen LogP contribution in [-0.2, 0) is 4.79 Å². The van der Waals surface area contributed by atoms with E-state index >= 15 is 0 Å². The molecule has 0 aliphatic heterocycles. The lowest BCUT2D eigenvalue weighted by Crippen LogP contribution is -2.24. The molecule has 0 bridgehead atoms. The molecule has 1 rings (SSSR count). The summed E-state index contributed by atoms with van der Waals surface area (Å²) in [6.07, 6.45) is 16.0. The largest absolute Gasteiger partial charge is 0.507 e. The van der Waals surface area contributed by atoms with Gasteiger partial charge in [0.25, 0.3) is 5.91 Å². The number of hydrogen-bond acceptors (Lipinski definition) is 3. The third-order valence-electron chi connectivity index (χ3n) is 4.78. The molecule has 0 saturated heterocycles. The maximum atomic E-state index is 12.1. The second-order valence-electron chi connectivity index (χ2n) is 7.14. The van der Waals surface area contributed by atoms with Gasteiger partial charge >= 0.3 is 0 Å². The van der Waals surface area contributed by atoms with Gasteiger partial charge in [-0.15, -0.1) is 0 Å². The van der Waals surface area contributed by atoms with Gasteiger partial charge in [-0.3, -0.25) is 9.59 Å². The van der Waals surface area contributed by atoms with Crippen LogP contribution in [0.4, 0.5) is 5.69 Å². The molecule has 0 unspecified atom stereocenters. The van der Waals surface area contributed by atoms with Crippen LogP contribution in [0, 0.1) is 0 Å². The number of amides is 2. The molecule has 0 fully saturated rings. The fourth-order valence-electron chi connectivity index (χ4n) is 3.14. The minimum Gasteiger partial charge on any atom is -0.507 e. The van der Waals surface area contributed by atoms with Gasteiger partial charge in [0.1, 0.15) is 5.75 Å². The standard InChI is InChI=1S/C22H36N2O3/c1-2-3-4-5-6-7-8-9-10-11-12-13-16-23-22(27)20-15-14-19(24-18-25)17-21(20)26/h14-15,17-18,26H,2-13,16H2,1H3,(H,23,27)(H,24,25). The number of carbonyl (C=O) groups excluding carboxylic acids is 2. The zero-order chi connectivity index (χ0) is 19.7. The van der Waals surface area contributed by atoms with E-state index in [4.69, 9.17) is 0 Å². The van der Waals surface area contributed by atoms with E-state index < -0.39 is 0 Å². The highest BCUT2D eigenvalue weighted by atomic mass is 16.3. The quantitative estimate of drug-likeness (QED) is 0.267. The van der Waals surface area contributed by atoms with Crippen molar-refractivity contribution in [1.82, 2.24) is 5.32 Å². The predicted octanol–water partition coefficient (Wildman–Crippen LogP) is 5.39. The minimum atomic E-state index is -0.284. The first-order valence-electron chi connectivity index (χ1n) is 10.5. The summed E-state index contributed by atoms with van der Waals surface area (Å²) in [5.41, 5.74) is 0.686. The highest BCUT2D eigenvalue weighted by molar-refractivity contribution is 5.97. The normalized spacial score (nSPS) is 10.6. The molecule has 5 heteroatoms. The molecule has 0 heterocycles. The Kier molecular flexibility index (Phi) is 12.8. The number of phenols is 1. The smallest absolute Gasteiger partial charge is 0.255 e. The van der Waals surface area contributed by atoms with Crippen LogP contribution in [0.1, 0.15) is 94.3 Å². The fourth-order valence-corrected chi connectivity index (χ4v) is 3.14. The van der Waals surface area contributed by atoms with Gasteiger partial charge in [0, 0.05) is 18.3 Å². The lowest BCUT2D eigenvalue weighted by atomic mass is 10.1. The SMILES string of the molecule is CCCCCCCCCCCCCCNC(=O)c1ccc(NC=O)cc1O. The van der Waals surface area contributed by atoms with Gasteiger partial charge in [-0.25, -0.2) is 0 Å². The molecule has 0 aromatic heterocycles. The number of unbranched alkanes of at least 4 members (excludes halogenated alkanes) is 11. The average molecular weight is 377 g/mol. The van der Waals surface area contributed by atoms with Gasteiger partial charge in [0.15, 0.2) is 0 Å². The first-order chi connectivity index (χ1) is 13.2. The van der Waals surface area contributed by atoms with E-state index in [0.29, 0.717) is 18.6 Å². The average Bonchev–Trinajstić information content (AvgIpc) is 2.65. The van der Waals surface area contributed by atoms with Crippen molar-refractivity contribution < 1.29 is 14.7 Å². The highest BCUT2D eigenvalue weighted by Gasteiger charge is 2.10. The molecule has 1 aromatic rings. The first kappa shape index (κ1) is 23.0. The zero-order valence-corrected chi connectivity index (χ0v) is 16.8. The van der Waals surface area contributed by atoms with E-state index in [1.54, 1.807) is 6.07 Å². The van der Waals surface area contributed by atoms with Crippen molar-refractivity contribution in [3.05, 3.63) is 23.8 Å². The number of benzene rings is 1. The van der Waals surface area contributed by atoms with Crippen LogP contribution in [-0.4, -0.2) is 24.0 Å². The molecule has 5 nitrogen and oxygen atoms in total. The van der Waals surface area contributed by atoms with Crippen LogP contribution in [0.5, 0.6) is 5.75 Å². The van der Waals surface area contributed by atoms with Gasteiger partial charge in [-0.1, -0.05) is 77.6 Å². The zero-order valence-electron chi connectivity index (χ0n) is 16.8. The van der Waals surface area contributed by atoms with Crippen LogP contribution in [0.3, 0.4) is 0 Å². The van der Waals surface area contributed by atoms with Gasteiger partial charge in [0.2, 0.25) is 6.41 Å². The molecular formula is C22H36N2O3. The summed E-state index contributed by atoms with van der Waals surface area (Å²) in [6, 6.07) is 4.47. The number of carbonyl (C=O) groups is 2. The molecule has 0 aliphatic rings. The molecule has 0 saturated carbocycles. The Morgan fingerprint density at radius 2 is 1.48 bits per heavy atom. The number of phenolic OH excluding ortho intramolecular Hbond substituents is 1. The second kappa shape index (κ2) is 15.1. The van der Waals surface area contributed by atoms with Crippen molar-refractivity contribution in [2.45, 2.75) is 84.0 Å². The Morgan fingerprint density at radius 1 is 0.926 bits per heavy atom. The Balaban J connectivity index is 2.02. The summed E-state index contributed by atoms with van der Waals surface area (Å²) in [7, 11) is 0. The third-order valence-corrected chi connectivity index (χ3v) is 4.78. The molecule has 152 valence electrons. The Bertz CT molecular complexity index is 546. The van der Waals surface area contributed by atoms with E-state index in [9.17, 15) is 14.7 Å². The van der Waals surface area contributed by atoms with E-state index in [2.05, 4.69) is 17.6 Å². The van der Waals surface area contributed by atoms with Crippen LogP contribution >= 0.6 is 0 Å². The predicted molar refractivity (Wildman–Crippen MR) is 111 cm³/mol. The monoisotopic (exact) mass is 376 g/mol. The summed E-state index contributed by atoms with van der Waals surface area (Å²) in [6.45, 7) is 2.87. The maximum Gasteiger partial charge on any atom is 0.255 e. The number of anilines is 1. The molecule has 0 radical (unpaired) electrons. The summed E-state index contributed by atoms with van der Waals surface area (Å²) in [5.74, 6) is -0.415. The van der Waals surface area contributed by atoms with Gasteiger partial charge in [-0.2, -0.15) is 0 Å². The molecular weight excluding hydrogens is 340 g/mol. The molecule has 1 aromatic carbocycles. The van der Waals surface area contributed by atoms with Crippen molar-refractivity contribution >= 4 is 18.0 Å². The van der Waals surface area contributed by atoms with Crippen LogP contribution in [0.25, 0.3) is 0 Å². The van der Waals surface area contributed by atoms with E-state index in [1.165, 1.54) is 76.3 Å². The summed E-state index contributed by atoms with van der Waals surface area (Å²) in [5, 5.41) is 15.2. The minimum absolute atomic E-state index is 0.131. The maximum absolute atomic E-state index is 12.1. The molecule has 0 aliphatic carbocycles. The fraction of sp³-hybridized carbons (Fsp3) is 0.636. The number of rotatable bonds is 16. The second-order valence-corrected chi connectivity index (χ2v) is 7.14. The van der Waals surface area contributed by atoms with Gasteiger partial charge in [-0.05, 0) is 18.6 Å². The Hall–Kier alpha value is -2.04. The summed E-state index contributed by atoms with van der Waals surface area (Å²) >= 11 is 0. The van der Waals surface area contributed by atoms with Gasteiger partial charge in [0.05, 0.1) is 5.56 Å². The number of nitrogens with one attached hydrogen (secondary N) is 2. The first-order valence-corrected chi connectivity index (χ1v) is 10.5. The molecule has 0 spiro atoms. The van der Waals surface area contributed by atoms with Crippen molar-refractivity contribution in [1.29, 1.82) is 0 Å². The van der Waals surface area contributed by atoms with E-state index in [1.807, 2.05) is 0 Å². The van der Waals surface area contributed by atoms with Crippen molar-refractivity contribution in [3.8, 4) is 5.75 Å². The van der Waals surface area contributed by atoms with Crippen LogP contribution in [0.2, 0.25) is 0 Å². The lowest BCUT2D eigenvalue weighted by Gasteiger charge is -2.08. The van der Waals surface area contributed by atoms with E-state index in [-0.39, 0.29) is 17.2 Å². The highest BCUT2D eigenvalue weighted by Crippen LogP contribution is 2.21.